The fourth-order valence-corrected chi connectivity index (χ4v) is 5.63. The van der Waals surface area contributed by atoms with Crippen LogP contribution in [0.4, 0.5) is 0 Å². The SMILES string of the molecule is CC/C=C\C/C=C\C/C=C\C/C=C\C/C=C\CCCC(=O)OCC(COP(=O)(O)OCCN(C)C)OC(=O)CCCCCC/C=C\C/C=C\C/C=C\C/C=C\CC. The molecule has 0 rings (SSSR count). The fraction of sp³-hybridized carbons (Fsp3) is 0.574. The molecule has 322 valence electrons. The number of rotatable bonds is 37. The van der Waals surface area contributed by atoms with Gasteiger partial charge < -0.3 is 19.3 Å². The summed E-state index contributed by atoms with van der Waals surface area (Å²) < 4.78 is 33.4. The largest absolute Gasteiger partial charge is 0.472 e. The Hall–Kier alpha value is -3.33. The summed E-state index contributed by atoms with van der Waals surface area (Å²) in [5.41, 5.74) is 0. The summed E-state index contributed by atoms with van der Waals surface area (Å²) in [5.74, 6) is -0.913. The molecule has 1 N–H and O–H groups in total. The van der Waals surface area contributed by atoms with Crippen LogP contribution in [0.1, 0.15) is 129 Å². The summed E-state index contributed by atoms with van der Waals surface area (Å²) in [6.07, 6.45) is 52.8. The highest BCUT2D eigenvalue weighted by molar-refractivity contribution is 7.47. The highest BCUT2D eigenvalue weighted by Gasteiger charge is 2.26. The van der Waals surface area contributed by atoms with Crippen LogP contribution in [0.25, 0.3) is 0 Å². The molecule has 0 aromatic carbocycles. The van der Waals surface area contributed by atoms with Crippen LogP contribution in [0.2, 0.25) is 0 Å². The van der Waals surface area contributed by atoms with Gasteiger partial charge in [0.2, 0.25) is 0 Å². The van der Waals surface area contributed by atoms with Crippen molar-refractivity contribution in [3.05, 3.63) is 109 Å². The molecule has 2 atom stereocenters. The maximum Gasteiger partial charge on any atom is 0.472 e. The predicted octanol–water partition coefficient (Wildman–Crippen LogP) is 12.2. The molecule has 0 heterocycles. The first-order chi connectivity index (χ1) is 27.7. The average Bonchev–Trinajstić information content (AvgIpc) is 3.18. The van der Waals surface area contributed by atoms with Crippen molar-refractivity contribution in [2.45, 2.75) is 136 Å². The Balaban J connectivity index is 4.48. The lowest BCUT2D eigenvalue weighted by Crippen LogP contribution is -2.29. The molecule has 0 aromatic rings. The van der Waals surface area contributed by atoms with Gasteiger partial charge in [-0.05, 0) is 104 Å². The molecular weight excluding hydrogens is 737 g/mol. The summed E-state index contributed by atoms with van der Waals surface area (Å²) in [5, 5.41) is 0. The Morgan fingerprint density at radius 1 is 0.544 bits per heavy atom. The lowest BCUT2D eigenvalue weighted by atomic mass is 10.1. The van der Waals surface area contributed by atoms with E-state index in [-0.39, 0.29) is 26.1 Å². The molecule has 0 saturated carbocycles. The predicted molar refractivity (Wildman–Crippen MR) is 238 cm³/mol. The van der Waals surface area contributed by atoms with Crippen molar-refractivity contribution in [1.82, 2.24) is 4.90 Å². The van der Waals surface area contributed by atoms with Crippen molar-refractivity contribution >= 4 is 19.8 Å². The highest BCUT2D eigenvalue weighted by Crippen LogP contribution is 2.43. The summed E-state index contributed by atoms with van der Waals surface area (Å²) in [4.78, 5) is 37.0. The minimum Gasteiger partial charge on any atom is -0.462 e. The van der Waals surface area contributed by atoms with Gasteiger partial charge in [-0.2, -0.15) is 0 Å². The van der Waals surface area contributed by atoms with Crippen LogP contribution in [0.3, 0.4) is 0 Å². The van der Waals surface area contributed by atoms with Crippen LogP contribution in [-0.2, 0) is 32.7 Å². The Kier molecular flexibility index (Phi) is 38.5. The smallest absolute Gasteiger partial charge is 0.462 e. The lowest BCUT2D eigenvalue weighted by molar-refractivity contribution is -0.161. The van der Waals surface area contributed by atoms with E-state index in [9.17, 15) is 19.0 Å². The van der Waals surface area contributed by atoms with Crippen LogP contribution < -0.4 is 0 Å². The highest BCUT2D eigenvalue weighted by atomic mass is 31.2. The van der Waals surface area contributed by atoms with E-state index < -0.39 is 32.5 Å². The van der Waals surface area contributed by atoms with Gasteiger partial charge in [0.05, 0.1) is 13.2 Å². The second kappa shape index (κ2) is 40.9. The van der Waals surface area contributed by atoms with Crippen molar-refractivity contribution in [3.63, 3.8) is 0 Å². The molecule has 0 saturated heterocycles. The third-order valence-electron chi connectivity index (χ3n) is 8.07. The van der Waals surface area contributed by atoms with Gasteiger partial charge in [0.25, 0.3) is 0 Å². The molecule has 0 amide bonds. The van der Waals surface area contributed by atoms with E-state index in [1.165, 1.54) is 0 Å². The molecule has 2 unspecified atom stereocenters. The Labute approximate surface area is 346 Å². The second-order valence-corrected chi connectivity index (χ2v) is 15.2. The van der Waals surface area contributed by atoms with Crippen LogP contribution >= 0.6 is 7.82 Å². The molecule has 0 spiro atoms. The minimum absolute atomic E-state index is 0.0135. The zero-order chi connectivity index (χ0) is 41.9. The Morgan fingerprint density at radius 2 is 0.965 bits per heavy atom. The van der Waals surface area contributed by atoms with Crippen molar-refractivity contribution < 1.29 is 37.6 Å². The molecule has 0 fully saturated rings. The van der Waals surface area contributed by atoms with Gasteiger partial charge in [-0.15, -0.1) is 0 Å². The molecule has 10 heteroatoms. The Morgan fingerprint density at radius 3 is 1.44 bits per heavy atom. The third kappa shape index (κ3) is 42.1. The average molecular weight is 814 g/mol. The van der Waals surface area contributed by atoms with E-state index in [0.717, 1.165) is 89.9 Å². The monoisotopic (exact) mass is 814 g/mol. The minimum atomic E-state index is -4.39. The van der Waals surface area contributed by atoms with E-state index in [0.29, 0.717) is 19.4 Å². The zero-order valence-electron chi connectivity index (χ0n) is 35.7. The summed E-state index contributed by atoms with van der Waals surface area (Å²) in [6, 6.07) is 0. The first-order valence-electron chi connectivity index (χ1n) is 21.2. The number of nitrogens with zero attached hydrogens (tertiary/aromatic N) is 1. The number of allylic oxidation sites excluding steroid dienone is 18. The number of likely N-dealkylation sites (N-methyl/N-ethyl adjacent to an activating group) is 1. The third-order valence-corrected chi connectivity index (χ3v) is 9.06. The number of hydrogen-bond acceptors (Lipinski definition) is 8. The first-order valence-corrected chi connectivity index (χ1v) is 22.7. The van der Waals surface area contributed by atoms with Crippen molar-refractivity contribution in [2.75, 3.05) is 40.5 Å². The number of carbonyl (C=O) groups excluding carboxylic acids is 2. The van der Waals surface area contributed by atoms with Gasteiger partial charge in [-0.3, -0.25) is 18.6 Å². The number of esters is 2. The van der Waals surface area contributed by atoms with E-state index in [2.05, 4.69) is 117 Å². The molecule has 57 heavy (non-hydrogen) atoms. The number of ether oxygens (including phenoxy) is 2. The molecule has 0 radical (unpaired) electrons. The van der Waals surface area contributed by atoms with Gasteiger partial charge >= 0.3 is 19.8 Å². The second-order valence-electron chi connectivity index (χ2n) is 13.7. The maximum absolute atomic E-state index is 12.6. The summed E-state index contributed by atoms with van der Waals surface area (Å²) in [6.45, 7) is 3.96. The molecule has 9 nitrogen and oxygen atoms in total. The number of carbonyl (C=O) groups is 2. The normalized spacial score (nSPS) is 14.5. The fourth-order valence-electron chi connectivity index (χ4n) is 4.89. The summed E-state index contributed by atoms with van der Waals surface area (Å²) in [7, 11) is -0.768. The van der Waals surface area contributed by atoms with Crippen molar-refractivity contribution in [3.8, 4) is 0 Å². The van der Waals surface area contributed by atoms with Crippen LogP contribution in [-0.4, -0.2) is 68.3 Å². The van der Waals surface area contributed by atoms with Crippen molar-refractivity contribution in [1.29, 1.82) is 0 Å². The topological polar surface area (TPSA) is 112 Å². The quantitative estimate of drug-likeness (QED) is 0.0283. The number of hydrogen-bond donors (Lipinski definition) is 1. The van der Waals surface area contributed by atoms with Gasteiger partial charge in [-0.1, -0.05) is 136 Å². The molecule has 0 aromatic heterocycles. The molecule has 0 aliphatic heterocycles. The number of phosphoric ester groups is 1. The van der Waals surface area contributed by atoms with Crippen LogP contribution in [0.5, 0.6) is 0 Å². The van der Waals surface area contributed by atoms with E-state index in [1.54, 1.807) is 4.90 Å². The van der Waals surface area contributed by atoms with E-state index in [4.69, 9.17) is 18.5 Å². The molecule has 0 aliphatic rings. The van der Waals surface area contributed by atoms with Crippen molar-refractivity contribution in [2.24, 2.45) is 0 Å². The number of phosphoric acid groups is 1. The van der Waals surface area contributed by atoms with Gasteiger partial charge in [-0.25, -0.2) is 4.57 Å². The standard InChI is InChI=1S/C47H76NO8P/c1-5-7-9-11-13-15-17-19-21-23-25-27-29-31-33-35-37-39-46(49)53-43-45(44-55-57(51,52)54-42-41-48(3)4)56-47(50)40-38-36-34-32-30-28-26-24-22-20-18-16-14-12-10-8-6-2/h7-10,13-16,19-22,25-28,31,33,45H,5-6,11-12,17-18,23-24,29-30,32,34-44H2,1-4H3,(H,51,52)/b9-7-,10-8-,15-13-,16-14-,21-19-,22-20-,27-25-,28-26-,33-31-. The Bertz CT molecular complexity index is 1310. The molecular formula is C47H76NO8P. The molecule has 0 aliphatic carbocycles. The molecule has 0 bridgehead atoms. The van der Waals surface area contributed by atoms with Crippen LogP contribution in [0, 0.1) is 0 Å². The zero-order valence-corrected chi connectivity index (χ0v) is 36.6. The summed E-state index contributed by atoms with van der Waals surface area (Å²) >= 11 is 0. The number of unbranched alkanes of at least 4 members (excludes halogenated alkanes) is 5. The van der Waals surface area contributed by atoms with Gasteiger partial charge in [0, 0.05) is 19.4 Å². The van der Waals surface area contributed by atoms with E-state index >= 15 is 0 Å². The van der Waals surface area contributed by atoms with E-state index in [1.807, 2.05) is 20.2 Å². The first kappa shape index (κ1) is 53.7. The maximum atomic E-state index is 12.6. The lowest BCUT2D eigenvalue weighted by Gasteiger charge is -2.20. The van der Waals surface area contributed by atoms with Crippen LogP contribution in [0.15, 0.2) is 109 Å². The van der Waals surface area contributed by atoms with Gasteiger partial charge in [0.15, 0.2) is 6.10 Å². The van der Waals surface area contributed by atoms with Gasteiger partial charge in [0.1, 0.15) is 6.61 Å².